The average Bonchev–Trinajstić information content (AvgIpc) is 2.18. The molecule has 15 heavy (non-hydrogen) atoms. The van der Waals surface area contributed by atoms with Gasteiger partial charge in [0.25, 0.3) is 0 Å². The van der Waals surface area contributed by atoms with Gasteiger partial charge in [-0.3, -0.25) is 0 Å². The summed E-state index contributed by atoms with van der Waals surface area (Å²) in [5.41, 5.74) is 0.971. The van der Waals surface area contributed by atoms with Gasteiger partial charge in [0.1, 0.15) is 11.6 Å². The number of rotatable bonds is 5. The third-order valence-electron chi connectivity index (χ3n) is 2.59. The van der Waals surface area contributed by atoms with Crippen molar-refractivity contribution < 1.29 is 9.13 Å². The Morgan fingerprint density at radius 3 is 2.73 bits per heavy atom. The molecule has 1 rings (SSSR count). The fourth-order valence-electron chi connectivity index (χ4n) is 1.88. The molecule has 0 saturated heterocycles. The Kier molecular flexibility index (Phi) is 4.60. The molecule has 0 aliphatic heterocycles. The van der Waals surface area contributed by atoms with Gasteiger partial charge in [0.05, 0.1) is 7.11 Å². The van der Waals surface area contributed by atoms with Crippen molar-refractivity contribution in [3.63, 3.8) is 0 Å². The monoisotopic (exact) mass is 210 g/mol. The van der Waals surface area contributed by atoms with Crippen LogP contribution in [0.4, 0.5) is 4.39 Å². The SMILES string of the molecule is CCCC(C)Cc1cc(F)ccc1OC. The molecule has 0 fully saturated rings. The highest BCUT2D eigenvalue weighted by Gasteiger charge is 2.08. The summed E-state index contributed by atoms with van der Waals surface area (Å²) in [6.07, 6.45) is 3.22. The van der Waals surface area contributed by atoms with E-state index in [1.807, 2.05) is 0 Å². The van der Waals surface area contributed by atoms with Crippen molar-refractivity contribution in [2.24, 2.45) is 5.92 Å². The summed E-state index contributed by atoms with van der Waals surface area (Å²) in [7, 11) is 1.63. The topological polar surface area (TPSA) is 9.23 Å². The minimum atomic E-state index is -0.186. The summed E-state index contributed by atoms with van der Waals surface area (Å²) in [6, 6.07) is 4.71. The molecule has 0 heterocycles. The van der Waals surface area contributed by atoms with Crippen molar-refractivity contribution in [2.45, 2.75) is 33.1 Å². The Hall–Kier alpha value is -1.05. The molecule has 1 aromatic carbocycles. The molecule has 1 aromatic rings. The highest BCUT2D eigenvalue weighted by atomic mass is 19.1. The van der Waals surface area contributed by atoms with E-state index in [1.165, 1.54) is 18.9 Å². The zero-order valence-electron chi connectivity index (χ0n) is 9.72. The van der Waals surface area contributed by atoms with E-state index in [0.717, 1.165) is 17.7 Å². The van der Waals surface area contributed by atoms with Crippen LogP contribution in [0.3, 0.4) is 0 Å². The van der Waals surface area contributed by atoms with E-state index in [2.05, 4.69) is 13.8 Å². The number of ether oxygens (including phenoxy) is 1. The van der Waals surface area contributed by atoms with Crippen LogP contribution in [0.2, 0.25) is 0 Å². The Balaban J connectivity index is 2.77. The van der Waals surface area contributed by atoms with E-state index in [0.29, 0.717) is 5.92 Å². The molecule has 1 nitrogen and oxygen atoms in total. The molecule has 84 valence electrons. The normalized spacial score (nSPS) is 12.5. The van der Waals surface area contributed by atoms with Crippen molar-refractivity contribution in [2.75, 3.05) is 7.11 Å². The van der Waals surface area contributed by atoms with E-state index in [4.69, 9.17) is 4.74 Å². The maximum Gasteiger partial charge on any atom is 0.123 e. The minimum absolute atomic E-state index is 0.186. The third kappa shape index (κ3) is 3.54. The average molecular weight is 210 g/mol. The molecular formula is C13H19FO. The molecule has 0 saturated carbocycles. The zero-order valence-corrected chi connectivity index (χ0v) is 9.72. The molecule has 0 aliphatic carbocycles. The van der Waals surface area contributed by atoms with E-state index in [1.54, 1.807) is 19.2 Å². The summed E-state index contributed by atoms with van der Waals surface area (Å²) in [5.74, 6) is 1.18. The second kappa shape index (κ2) is 5.74. The quantitative estimate of drug-likeness (QED) is 0.718. The van der Waals surface area contributed by atoms with Crippen LogP contribution in [0.1, 0.15) is 32.3 Å². The molecule has 0 N–H and O–H groups in total. The van der Waals surface area contributed by atoms with Crippen molar-refractivity contribution in [1.82, 2.24) is 0 Å². The number of halogens is 1. The van der Waals surface area contributed by atoms with Crippen molar-refractivity contribution in [1.29, 1.82) is 0 Å². The zero-order chi connectivity index (χ0) is 11.3. The number of hydrogen-bond acceptors (Lipinski definition) is 1. The first-order chi connectivity index (χ1) is 7.17. The predicted molar refractivity (Wildman–Crippen MR) is 60.7 cm³/mol. The Morgan fingerprint density at radius 2 is 2.13 bits per heavy atom. The summed E-state index contributed by atoms with van der Waals surface area (Å²) in [4.78, 5) is 0. The van der Waals surface area contributed by atoms with Gasteiger partial charge in [0, 0.05) is 0 Å². The Bertz CT molecular complexity index is 309. The van der Waals surface area contributed by atoms with E-state index in [-0.39, 0.29) is 5.82 Å². The first-order valence-corrected chi connectivity index (χ1v) is 5.49. The first-order valence-electron chi connectivity index (χ1n) is 5.49. The molecular weight excluding hydrogens is 191 g/mol. The van der Waals surface area contributed by atoms with Gasteiger partial charge in [0.2, 0.25) is 0 Å². The Morgan fingerprint density at radius 1 is 1.40 bits per heavy atom. The summed E-state index contributed by atoms with van der Waals surface area (Å²) in [6.45, 7) is 4.35. The number of hydrogen-bond donors (Lipinski definition) is 0. The molecule has 0 spiro atoms. The summed E-state index contributed by atoms with van der Waals surface area (Å²) >= 11 is 0. The van der Waals surface area contributed by atoms with Gasteiger partial charge in [0.15, 0.2) is 0 Å². The van der Waals surface area contributed by atoms with Gasteiger partial charge < -0.3 is 4.74 Å². The van der Waals surface area contributed by atoms with Crippen LogP contribution < -0.4 is 4.74 Å². The van der Waals surface area contributed by atoms with Gasteiger partial charge in [-0.25, -0.2) is 4.39 Å². The molecule has 1 unspecified atom stereocenters. The van der Waals surface area contributed by atoms with E-state index >= 15 is 0 Å². The standard InChI is InChI=1S/C13H19FO/c1-4-5-10(2)8-11-9-12(14)6-7-13(11)15-3/h6-7,9-10H,4-5,8H2,1-3H3. The number of methoxy groups -OCH3 is 1. The van der Waals surface area contributed by atoms with Gasteiger partial charge >= 0.3 is 0 Å². The van der Waals surface area contributed by atoms with Gasteiger partial charge in [-0.2, -0.15) is 0 Å². The van der Waals surface area contributed by atoms with E-state index in [9.17, 15) is 4.39 Å². The summed E-state index contributed by atoms with van der Waals surface area (Å²) < 4.78 is 18.3. The molecule has 0 aromatic heterocycles. The van der Waals surface area contributed by atoms with Crippen LogP contribution in [0.5, 0.6) is 5.75 Å². The fourth-order valence-corrected chi connectivity index (χ4v) is 1.88. The van der Waals surface area contributed by atoms with Gasteiger partial charge in [-0.15, -0.1) is 0 Å². The highest BCUT2D eigenvalue weighted by molar-refractivity contribution is 5.34. The third-order valence-corrected chi connectivity index (χ3v) is 2.59. The highest BCUT2D eigenvalue weighted by Crippen LogP contribution is 2.23. The fraction of sp³-hybridized carbons (Fsp3) is 0.538. The minimum Gasteiger partial charge on any atom is -0.496 e. The van der Waals surface area contributed by atoms with Crippen LogP contribution in [0, 0.1) is 11.7 Å². The first kappa shape index (κ1) is 12.0. The smallest absolute Gasteiger partial charge is 0.123 e. The van der Waals surface area contributed by atoms with Crippen LogP contribution in [0.25, 0.3) is 0 Å². The van der Waals surface area contributed by atoms with Crippen molar-refractivity contribution in [3.8, 4) is 5.75 Å². The second-order valence-electron chi connectivity index (χ2n) is 4.05. The van der Waals surface area contributed by atoms with Crippen LogP contribution in [-0.4, -0.2) is 7.11 Å². The lowest BCUT2D eigenvalue weighted by atomic mass is 9.96. The van der Waals surface area contributed by atoms with Crippen LogP contribution >= 0.6 is 0 Å². The molecule has 0 amide bonds. The lowest BCUT2D eigenvalue weighted by Crippen LogP contribution is -2.02. The van der Waals surface area contributed by atoms with Crippen LogP contribution in [0.15, 0.2) is 18.2 Å². The maximum absolute atomic E-state index is 13.1. The molecule has 0 bridgehead atoms. The largest absolute Gasteiger partial charge is 0.496 e. The second-order valence-corrected chi connectivity index (χ2v) is 4.05. The lowest BCUT2D eigenvalue weighted by molar-refractivity contribution is 0.402. The Labute approximate surface area is 91.3 Å². The summed E-state index contributed by atoms with van der Waals surface area (Å²) in [5, 5.41) is 0. The molecule has 1 atom stereocenters. The molecule has 2 heteroatoms. The van der Waals surface area contributed by atoms with Gasteiger partial charge in [-0.05, 0) is 36.1 Å². The maximum atomic E-state index is 13.1. The van der Waals surface area contributed by atoms with E-state index < -0.39 is 0 Å². The molecule has 0 radical (unpaired) electrons. The van der Waals surface area contributed by atoms with Crippen molar-refractivity contribution >= 4 is 0 Å². The van der Waals surface area contributed by atoms with Gasteiger partial charge in [-0.1, -0.05) is 26.7 Å². The van der Waals surface area contributed by atoms with Crippen molar-refractivity contribution in [3.05, 3.63) is 29.6 Å². The number of benzene rings is 1. The van der Waals surface area contributed by atoms with Crippen LogP contribution in [-0.2, 0) is 6.42 Å². The molecule has 0 aliphatic rings. The lowest BCUT2D eigenvalue weighted by Gasteiger charge is -2.13. The predicted octanol–water partition coefficient (Wildman–Crippen LogP) is 3.81.